The maximum atomic E-state index is 10.7. The maximum absolute atomic E-state index is 10.7. The van der Waals surface area contributed by atoms with Gasteiger partial charge in [-0.25, -0.2) is 0 Å². The highest BCUT2D eigenvalue weighted by molar-refractivity contribution is 6.39. The summed E-state index contributed by atoms with van der Waals surface area (Å²) in [5.41, 5.74) is 7.33. The molecule has 3 N–H and O–H groups in total. The molecule has 0 aromatic heterocycles. The molecule has 0 radical (unpaired) electrons. The van der Waals surface area contributed by atoms with Crippen LogP contribution in [0.5, 0.6) is 0 Å². The van der Waals surface area contributed by atoms with Gasteiger partial charge in [0, 0.05) is 24.7 Å². The van der Waals surface area contributed by atoms with Crippen LogP contribution in [0.2, 0.25) is 10.0 Å². The third-order valence-electron chi connectivity index (χ3n) is 2.96. The topological polar surface area (TPSA) is 81.2 Å². The molecule has 0 bridgehead atoms. The monoisotopic (exact) mass is 325 g/mol. The first-order chi connectivity index (χ1) is 9.99. The quantitative estimate of drug-likeness (QED) is 0.642. The van der Waals surface area contributed by atoms with E-state index in [0.29, 0.717) is 12.2 Å². The number of hydrogen-bond acceptors (Lipinski definition) is 4. The molecule has 1 atom stereocenters. The lowest BCUT2D eigenvalue weighted by Crippen LogP contribution is -2.20. The average molecular weight is 326 g/mol. The molecule has 7 heteroatoms. The summed E-state index contributed by atoms with van der Waals surface area (Å²) < 4.78 is 0. The normalized spacial score (nSPS) is 12.0. The molecule has 2 aromatic rings. The van der Waals surface area contributed by atoms with Gasteiger partial charge in [0.2, 0.25) is 0 Å². The Labute approximate surface area is 131 Å². The molecule has 0 aliphatic heterocycles. The van der Waals surface area contributed by atoms with Gasteiger partial charge >= 0.3 is 0 Å². The summed E-state index contributed by atoms with van der Waals surface area (Å²) in [6.07, 6.45) is 0. The molecule has 0 heterocycles. The number of anilines is 1. The molecular weight excluding hydrogens is 313 g/mol. The van der Waals surface area contributed by atoms with E-state index in [1.807, 2.05) is 30.3 Å². The molecule has 21 heavy (non-hydrogen) atoms. The molecule has 5 nitrogen and oxygen atoms in total. The first-order valence-electron chi connectivity index (χ1n) is 6.17. The fraction of sp³-hybridized carbons (Fsp3) is 0.143. The number of hydrogen-bond donors (Lipinski definition) is 2. The van der Waals surface area contributed by atoms with Crippen LogP contribution in [0.3, 0.4) is 0 Å². The lowest BCUT2D eigenvalue weighted by Gasteiger charge is -2.15. The lowest BCUT2D eigenvalue weighted by atomic mass is 10.1. The summed E-state index contributed by atoms with van der Waals surface area (Å²) in [5, 5.41) is 14.1. The standard InChI is InChI=1S/C14H13Cl2N3O2/c15-11-6-10(19(20)21)7-12(16)14(11)18-8-13(17)9-4-2-1-3-5-9/h1-7,13,18H,8,17H2. The Morgan fingerprint density at radius 2 is 1.76 bits per heavy atom. The van der Waals surface area contributed by atoms with Gasteiger partial charge in [-0.15, -0.1) is 0 Å². The summed E-state index contributed by atoms with van der Waals surface area (Å²) in [6.45, 7) is 0.404. The molecule has 2 rings (SSSR count). The van der Waals surface area contributed by atoms with E-state index in [1.54, 1.807) is 0 Å². The van der Waals surface area contributed by atoms with Crippen molar-refractivity contribution in [3.63, 3.8) is 0 Å². The Kier molecular flexibility index (Phi) is 5.01. The van der Waals surface area contributed by atoms with Gasteiger partial charge in [-0.3, -0.25) is 10.1 Å². The fourth-order valence-electron chi connectivity index (χ4n) is 1.86. The first kappa shape index (κ1) is 15.6. The van der Waals surface area contributed by atoms with E-state index < -0.39 is 4.92 Å². The molecule has 1 unspecified atom stereocenters. The molecular formula is C14H13Cl2N3O2. The van der Waals surface area contributed by atoms with E-state index in [0.717, 1.165) is 5.56 Å². The third-order valence-corrected chi connectivity index (χ3v) is 3.56. The van der Waals surface area contributed by atoms with Crippen LogP contribution in [0, 0.1) is 10.1 Å². The van der Waals surface area contributed by atoms with Gasteiger partial charge in [0.25, 0.3) is 5.69 Å². The van der Waals surface area contributed by atoms with Crippen LogP contribution < -0.4 is 11.1 Å². The zero-order valence-electron chi connectivity index (χ0n) is 10.9. The minimum absolute atomic E-state index is 0.150. The predicted molar refractivity (Wildman–Crippen MR) is 85.0 cm³/mol. The van der Waals surface area contributed by atoms with E-state index in [1.165, 1.54) is 12.1 Å². The fourth-order valence-corrected chi connectivity index (χ4v) is 2.47. The maximum Gasteiger partial charge on any atom is 0.272 e. The number of nitrogens with one attached hydrogen (secondary N) is 1. The van der Waals surface area contributed by atoms with Crippen LogP contribution in [-0.2, 0) is 0 Å². The molecule has 0 saturated heterocycles. The number of nitro groups is 1. The highest BCUT2D eigenvalue weighted by Gasteiger charge is 2.15. The predicted octanol–water partition coefficient (Wildman–Crippen LogP) is 4.01. The first-order valence-corrected chi connectivity index (χ1v) is 6.92. The van der Waals surface area contributed by atoms with Gasteiger partial charge in [-0.1, -0.05) is 53.5 Å². The Morgan fingerprint density at radius 1 is 1.19 bits per heavy atom. The van der Waals surface area contributed by atoms with E-state index in [2.05, 4.69) is 5.32 Å². The number of non-ortho nitro benzene ring substituents is 1. The van der Waals surface area contributed by atoms with Crippen molar-refractivity contribution < 1.29 is 4.92 Å². The van der Waals surface area contributed by atoms with Crippen LogP contribution in [0.25, 0.3) is 0 Å². The van der Waals surface area contributed by atoms with Gasteiger partial charge in [-0.2, -0.15) is 0 Å². The lowest BCUT2D eigenvalue weighted by molar-refractivity contribution is -0.384. The summed E-state index contributed by atoms with van der Waals surface area (Å²) in [4.78, 5) is 10.2. The minimum atomic E-state index is -0.544. The van der Waals surface area contributed by atoms with Crippen LogP contribution in [-0.4, -0.2) is 11.5 Å². The molecule has 110 valence electrons. The van der Waals surface area contributed by atoms with Gasteiger partial charge in [0.05, 0.1) is 20.7 Å². The summed E-state index contributed by atoms with van der Waals surface area (Å²) in [6, 6.07) is 11.8. The number of halogens is 2. The van der Waals surface area contributed by atoms with E-state index in [9.17, 15) is 10.1 Å². The SMILES string of the molecule is NC(CNc1c(Cl)cc([N+](=O)[O-])cc1Cl)c1ccccc1. The summed E-state index contributed by atoms with van der Waals surface area (Å²) in [7, 11) is 0. The molecule has 0 aliphatic carbocycles. The molecule has 0 spiro atoms. The van der Waals surface area contributed by atoms with Crippen molar-refractivity contribution in [1.82, 2.24) is 0 Å². The molecule has 0 saturated carbocycles. The van der Waals surface area contributed by atoms with Crippen molar-refractivity contribution in [3.05, 3.63) is 68.2 Å². The smallest absolute Gasteiger partial charge is 0.272 e. The summed E-state index contributed by atoms with van der Waals surface area (Å²) >= 11 is 12.0. The second-order valence-electron chi connectivity index (χ2n) is 4.44. The number of rotatable bonds is 5. The summed E-state index contributed by atoms with van der Waals surface area (Å²) in [5.74, 6) is 0. The number of nitrogens with zero attached hydrogens (tertiary/aromatic N) is 1. The third kappa shape index (κ3) is 3.85. The Hall–Kier alpha value is -1.82. The highest BCUT2D eigenvalue weighted by atomic mass is 35.5. The number of nitrogens with two attached hydrogens (primary N) is 1. The largest absolute Gasteiger partial charge is 0.381 e. The van der Waals surface area contributed by atoms with Crippen molar-refractivity contribution >= 4 is 34.6 Å². The van der Waals surface area contributed by atoms with Gasteiger partial charge in [-0.05, 0) is 5.56 Å². The van der Waals surface area contributed by atoms with E-state index >= 15 is 0 Å². The second kappa shape index (κ2) is 6.76. The molecule has 2 aromatic carbocycles. The average Bonchev–Trinajstić information content (AvgIpc) is 2.46. The zero-order chi connectivity index (χ0) is 15.4. The zero-order valence-corrected chi connectivity index (χ0v) is 12.4. The van der Waals surface area contributed by atoms with Crippen LogP contribution in [0.15, 0.2) is 42.5 Å². The van der Waals surface area contributed by atoms with Crippen molar-refractivity contribution in [2.24, 2.45) is 5.73 Å². The molecule has 0 amide bonds. The van der Waals surface area contributed by atoms with Crippen molar-refractivity contribution in [3.8, 4) is 0 Å². The van der Waals surface area contributed by atoms with Crippen molar-refractivity contribution in [2.45, 2.75) is 6.04 Å². The Balaban J connectivity index is 2.12. The van der Waals surface area contributed by atoms with Crippen molar-refractivity contribution in [2.75, 3.05) is 11.9 Å². The number of nitro benzene ring substituents is 1. The van der Waals surface area contributed by atoms with Crippen LogP contribution >= 0.6 is 23.2 Å². The highest BCUT2D eigenvalue weighted by Crippen LogP contribution is 2.34. The van der Waals surface area contributed by atoms with Crippen molar-refractivity contribution in [1.29, 1.82) is 0 Å². The van der Waals surface area contributed by atoms with Gasteiger partial charge in [0.1, 0.15) is 0 Å². The number of benzene rings is 2. The Morgan fingerprint density at radius 3 is 2.29 bits per heavy atom. The second-order valence-corrected chi connectivity index (χ2v) is 5.25. The van der Waals surface area contributed by atoms with Crippen LogP contribution in [0.1, 0.15) is 11.6 Å². The van der Waals surface area contributed by atoms with Gasteiger partial charge < -0.3 is 11.1 Å². The molecule has 0 fully saturated rings. The van der Waals surface area contributed by atoms with Crippen LogP contribution in [0.4, 0.5) is 11.4 Å². The van der Waals surface area contributed by atoms with Gasteiger partial charge in [0.15, 0.2) is 0 Å². The molecule has 0 aliphatic rings. The minimum Gasteiger partial charge on any atom is -0.381 e. The van der Waals surface area contributed by atoms with E-state index in [4.69, 9.17) is 28.9 Å². The van der Waals surface area contributed by atoms with E-state index in [-0.39, 0.29) is 21.8 Å². The Bertz CT molecular complexity index is 627.